The van der Waals surface area contributed by atoms with Crippen molar-refractivity contribution in [1.29, 1.82) is 0 Å². The van der Waals surface area contributed by atoms with Crippen LogP contribution in [0.25, 0.3) is 5.69 Å². The Morgan fingerprint density at radius 3 is 2.62 bits per heavy atom. The molecule has 0 atom stereocenters. The van der Waals surface area contributed by atoms with E-state index in [0.717, 1.165) is 48.1 Å². The molecule has 7 nitrogen and oxygen atoms in total. The van der Waals surface area contributed by atoms with Gasteiger partial charge in [0.2, 0.25) is 5.91 Å². The van der Waals surface area contributed by atoms with E-state index in [1.54, 1.807) is 7.11 Å². The van der Waals surface area contributed by atoms with Crippen LogP contribution in [-0.4, -0.2) is 63.0 Å². The third-order valence-corrected chi connectivity index (χ3v) is 7.12. The molecule has 32 heavy (non-hydrogen) atoms. The van der Waals surface area contributed by atoms with E-state index >= 15 is 0 Å². The number of anilines is 1. The van der Waals surface area contributed by atoms with Crippen LogP contribution in [-0.2, 0) is 11.3 Å². The number of carbonyl (C=O) groups excluding carboxylic acids is 1. The third kappa shape index (κ3) is 5.65. The van der Waals surface area contributed by atoms with Gasteiger partial charge in [0.15, 0.2) is 5.16 Å². The molecule has 0 radical (unpaired) electrons. The molecule has 2 aromatic carbocycles. The number of benzene rings is 2. The summed E-state index contributed by atoms with van der Waals surface area (Å²) in [5, 5.41) is 12.2. The second-order valence-corrected chi connectivity index (χ2v) is 9.61. The maximum atomic E-state index is 12.7. The molecular weight excluding hydrogens is 442 g/mol. The molecule has 1 N–H and O–H groups in total. The summed E-state index contributed by atoms with van der Waals surface area (Å²) < 4.78 is 7.18. The van der Waals surface area contributed by atoms with Gasteiger partial charge in [0.1, 0.15) is 11.6 Å². The largest absolute Gasteiger partial charge is 0.497 e. The molecule has 1 aliphatic rings. The summed E-state index contributed by atoms with van der Waals surface area (Å²) >= 11 is 3.37. The van der Waals surface area contributed by atoms with Crippen LogP contribution < -0.4 is 10.1 Å². The minimum Gasteiger partial charge on any atom is -0.497 e. The Hall–Kier alpha value is -2.49. The van der Waals surface area contributed by atoms with Crippen LogP contribution in [0, 0.1) is 6.92 Å². The lowest BCUT2D eigenvalue weighted by Gasteiger charge is -2.27. The fraction of sp³-hybridized carbons (Fsp3) is 0.348. The van der Waals surface area contributed by atoms with Crippen LogP contribution in [0.1, 0.15) is 11.4 Å². The van der Waals surface area contributed by atoms with Gasteiger partial charge in [-0.2, -0.15) is 11.8 Å². The number of hydrogen-bond acceptors (Lipinski definition) is 7. The summed E-state index contributed by atoms with van der Waals surface area (Å²) in [4.78, 5) is 15.2. The molecule has 1 fully saturated rings. The summed E-state index contributed by atoms with van der Waals surface area (Å²) in [6.07, 6.45) is 0. The molecule has 1 saturated heterocycles. The Morgan fingerprint density at radius 2 is 1.88 bits per heavy atom. The molecule has 4 rings (SSSR count). The number of hydrogen-bond donors (Lipinski definition) is 1. The van der Waals surface area contributed by atoms with Crippen molar-refractivity contribution >= 4 is 35.1 Å². The summed E-state index contributed by atoms with van der Waals surface area (Å²) in [6, 6.07) is 15.8. The van der Waals surface area contributed by atoms with Gasteiger partial charge in [-0.3, -0.25) is 14.3 Å². The molecule has 9 heteroatoms. The topological polar surface area (TPSA) is 72.3 Å². The third-order valence-electron chi connectivity index (χ3n) is 5.25. The average Bonchev–Trinajstić information content (AvgIpc) is 3.20. The van der Waals surface area contributed by atoms with Crippen LogP contribution in [0.3, 0.4) is 0 Å². The lowest BCUT2D eigenvalue weighted by Crippen LogP contribution is -2.32. The van der Waals surface area contributed by atoms with Crippen molar-refractivity contribution in [2.75, 3.05) is 42.8 Å². The van der Waals surface area contributed by atoms with E-state index in [1.165, 1.54) is 23.3 Å². The SMILES string of the molecule is COc1ccc(-n2c(C)nnc2SCC(=O)Nc2ccccc2CN2CCSCC2)cc1. The van der Waals surface area contributed by atoms with Gasteiger partial charge in [-0.25, -0.2) is 0 Å². The normalized spacial score (nSPS) is 14.3. The number of nitrogens with zero attached hydrogens (tertiary/aromatic N) is 4. The number of para-hydroxylation sites is 1. The highest BCUT2D eigenvalue weighted by Gasteiger charge is 2.16. The molecule has 3 aromatic rings. The van der Waals surface area contributed by atoms with E-state index in [4.69, 9.17) is 4.74 Å². The molecule has 1 aromatic heterocycles. The minimum atomic E-state index is -0.0569. The smallest absolute Gasteiger partial charge is 0.234 e. The number of nitrogens with one attached hydrogen (secondary N) is 1. The van der Waals surface area contributed by atoms with Crippen LogP contribution in [0.4, 0.5) is 5.69 Å². The monoisotopic (exact) mass is 469 g/mol. The molecule has 0 spiro atoms. The molecular formula is C23H27N5O2S2. The van der Waals surface area contributed by atoms with E-state index in [9.17, 15) is 4.79 Å². The van der Waals surface area contributed by atoms with E-state index in [2.05, 4.69) is 26.5 Å². The Morgan fingerprint density at radius 1 is 1.12 bits per heavy atom. The van der Waals surface area contributed by atoms with Gasteiger partial charge in [-0.05, 0) is 42.8 Å². The Kier molecular flexibility index (Phi) is 7.72. The molecule has 1 amide bonds. The van der Waals surface area contributed by atoms with E-state index in [-0.39, 0.29) is 11.7 Å². The number of amides is 1. The first-order chi connectivity index (χ1) is 15.6. The van der Waals surface area contributed by atoms with Crippen molar-refractivity contribution in [2.45, 2.75) is 18.6 Å². The summed E-state index contributed by atoms with van der Waals surface area (Å²) in [5.41, 5.74) is 2.96. The van der Waals surface area contributed by atoms with Gasteiger partial charge in [0.05, 0.1) is 12.9 Å². The average molecular weight is 470 g/mol. The molecule has 1 aliphatic heterocycles. The van der Waals surface area contributed by atoms with Crippen LogP contribution >= 0.6 is 23.5 Å². The number of ether oxygens (including phenoxy) is 1. The van der Waals surface area contributed by atoms with Gasteiger partial charge in [0, 0.05) is 42.5 Å². The Bertz CT molecular complexity index is 1050. The number of aryl methyl sites for hydroxylation is 1. The van der Waals surface area contributed by atoms with Crippen LogP contribution in [0.15, 0.2) is 53.7 Å². The minimum absolute atomic E-state index is 0.0569. The predicted molar refractivity (Wildman–Crippen MR) is 131 cm³/mol. The van der Waals surface area contributed by atoms with Crippen LogP contribution in [0.2, 0.25) is 0 Å². The maximum Gasteiger partial charge on any atom is 0.234 e. The first-order valence-electron chi connectivity index (χ1n) is 10.5. The molecule has 0 bridgehead atoms. The van der Waals surface area contributed by atoms with Gasteiger partial charge >= 0.3 is 0 Å². The Labute approximate surface area is 196 Å². The van der Waals surface area contributed by atoms with Crippen molar-refractivity contribution in [3.05, 3.63) is 59.9 Å². The zero-order chi connectivity index (χ0) is 22.3. The first-order valence-corrected chi connectivity index (χ1v) is 12.6. The quantitative estimate of drug-likeness (QED) is 0.502. The number of aromatic nitrogens is 3. The highest BCUT2D eigenvalue weighted by Crippen LogP contribution is 2.24. The van der Waals surface area contributed by atoms with Crippen molar-refractivity contribution in [2.24, 2.45) is 0 Å². The van der Waals surface area contributed by atoms with Crippen molar-refractivity contribution in [3.63, 3.8) is 0 Å². The van der Waals surface area contributed by atoms with Crippen molar-refractivity contribution < 1.29 is 9.53 Å². The van der Waals surface area contributed by atoms with E-state index < -0.39 is 0 Å². The number of rotatable bonds is 8. The van der Waals surface area contributed by atoms with Gasteiger partial charge in [-0.15, -0.1) is 10.2 Å². The standard InChI is InChI=1S/C23H27N5O2S2/c1-17-25-26-23(28(17)19-7-9-20(30-2)10-8-19)32-16-22(29)24-21-6-4-3-5-18(21)15-27-11-13-31-14-12-27/h3-10H,11-16H2,1-2H3,(H,24,29). The van der Waals surface area contributed by atoms with E-state index in [1.807, 2.05) is 65.7 Å². The summed E-state index contributed by atoms with van der Waals surface area (Å²) in [6.45, 7) is 4.93. The number of carbonyl (C=O) groups is 1. The lowest BCUT2D eigenvalue weighted by molar-refractivity contribution is -0.113. The van der Waals surface area contributed by atoms with Gasteiger partial charge in [0.25, 0.3) is 0 Å². The molecule has 0 aliphatic carbocycles. The molecule has 2 heterocycles. The number of methoxy groups -OCH3 is 1. The zero-order valence-electron chi connectivity index (χ0n) is 18.3. The first kappa shape index (κ1) is 22.7. The van der Waals surface area contributed by atoms with Crippen molar-refractivity contribution in [3.8, 4) is 11.4 Å². The fourth-order valence-electron chi connectivity index (χ4n) is 3.56. The second kappa shape index (κ2) is 10.9. The molecule has 0 saturated carbocycles. The van der Waals surface area contributed by atoms with Crippen LogP contribution in [0.5, 0.6) is 5.75 Å². The Balaban J connectivity index is 1.40. The number of thioether (sulfide) groups is 2. The zero-order valence-corrected chi connectivity index (χ0v) is 19.9. The van der Waals surface area contributed by atoms with Gasteiger partial charge < -0.3 is 10.1 Å². The van der Waals surface area contributed by atoms with E-state index in [0.29, 0.717) is 5.16 Å². The summed E-state index contributed by atoms with van der Waals surface area (Å²) in [7, 11) is 1.64. The maximum absolute atomic E-state index is 12.7. The van der Waals surface area contributed by atoms with Crippen molar-refractivity contribution in [1.82, 2.24) is 19.7 Å². The molecule has 168 valence electrons. The lowest BCUT2D eigenvalue weighted by atomic mass is 10.1. The fourth-order valence-corrected chi connectivity index (χ4v) is 5.34. The molecule has 0 unspecified atom stereocenters. The highest BCUT2D eigenvalue weighted by atomic mass is 32.2. The second-order valence-electron chi connectivity index (χ2n) is 7.45. The predicted octanol–water partition coefficient (Wildman–Crippen LogP) is 3.86. The van der Waals surface area contributed by atoms with Gasteiger partial charge in [-0.1, -0.05) is 30.0 Å². The summed E-state index contributed by atoms with van der Waals surface area (Å²) in [5.74, 6) is 4.08. The highest BCUT2D eigenvalue weighted by molar-refractivity contribution is 7.99.